The fourth-order valence-electron chi connectivity index (χ4n) is 8.08. The predicted molar refractivity (Wildman–Crippen MR) is 197 cm³/mol. The highest BCUT2D eigenvalue weighted by Crippen LogP contribution is 2.36. The van der Waals surface area contributed by atoms with Gasteiger partial charge in [0.25, 0.3) is 11.8 Å². The summed E-state index contributed by atoms with van der Waals surface area (Å²) in [6.45, 7) is 10.1. The molecule has 0 bridgehead atoms. The van der Waals surface area contributed by atoms with Crippen molar-refractivity contribution in [3.63, 3.8) is 0 Å². The van der Waals surface area contributed by atoms with Crippen molar-refractivity contribution in [3.8, 4) is 5.75 Å². The van der Waals surface area contributed by atoms with Gasteiger partial charge in [0.15, 0.2) is 11.6 Å². The molecule has 1 saturated carbocycles. The van der Waals surface area contributed by atoms with Crippen molar-refractivity contribution in [2.75, 3.05) is 57.9 Å². The van der Waals surface area contributed by atoms with Crippen LogP contribution in [0.25, 0.3) is 11.0 Å². The lowest BCUT2D eigenvalue weighted by atomic mass is 9.94. The summed E-state index contributed by atoms with van der Waals surface area (Å²) in [5.74, 6) is -3.22. The Bertz CT molecular complexity index is 2080. The van der Waals surface area contributed by atoms with Gasteiger partial charge in [0.2, 0.25) is 0 Å². The maximum atomic E-state index is 16.3. The molecule has 2 saturated heterocycles. The molecule has 0 spiro atoms. The number of ether oxygens (including phenoxy) is 2. The van der Waals surface area contributed by atoms with E-state index in [9.17, 15) is 22.8 Å². The van der Waals surface area contributed by atoms with Crippen LogP contribution in [-0.2, 0) is 27.9 Å². The molecule has 286 valence electrons. The third-order valence-corrected chi connectivity index (χ3v) is 12.7. The second kappa shape index (κ2) is 15.0. The monoisotopic (exact) mass is 753 g/mol. The van der Waals surface area contributed by atoms with Crippen molar-refractivity contribution in [2.24, 2.45) is 0 Å². The Labute approximate surface area is 309 Å². The number of halogens is 1. The number of nitrogens with zero attached hydrogens (tertiary/aromatic N) is 4. The van der Waals surface area contributed by atoms with Gasteiger partial charge in [-0.25, -0.2) is 13.9 Å². The summed E-state index contributed by atoms with van der Waals surface area (Å²) in [6, 6.07) is 7.05. The average molecular weight is 754 g/mol. The SMILES string of the molecule is COC[C@H]1CN(c2ccc3c4c(c(=O)oc3c2C)CN(C(=O)c2ccc(C(=O)NS(=O)(=O)N3CCCC3)c(OC3CCC3)c2F)CC4)CCN1C(C)C. The molecule has 2 amide bonds. The van der Waals surface area contributed by atoms with E-state index in [0.717, 1.165) is 48.3 Å². The van der Waals surface area contributed by atoms with E-state index in [2.05, 4.69) is 29.7 Å². The minimum absolute atomic E-state index is 0.0856. The number of aryl methyl sites for hydroxylation is 1. The Kier molecular flexibility index (Phi) is 10.5. The van der Waals surface area contributed by atoms with E-state index in [4.69, 9.17) is 13.9 Å². The zero-order chi connectivity index (χ0) is 37.6. The average Bonchev–Trinajstić information content (AvgIpc) is 3.67. The van der Waals surface area contributed by atoms with Crippen molar-refractivity contribution < 1.29 is 36.3 Å². The van der Waals surface area contributed by atoms with Crippen LogP contribution < -0.4 is 20.0 Å². The summed E-state index contributed by atoms with van der Waals surface area (Å²) in [6.07, 6.45) is 3.50. The van der Waals surface area contributed by atoms with Gasteiger partial charge < -0.3 is 23.7 Å². The van der Waals surface area contributed by atoms with Gasteiger partial charge >= 0.3 is 15.8 Å². The highest BCUT2D eigenvalue weighted by molar-refractivity contribution is 7.87. The van der Waals surface area contributed by atoms with Crippen LogP contribution in [0.4, 0.5) is 10.1 Å². The molecule has 4 aliphatic rings. The molecule has 1 aliphatic carbocycles. The molecule has 0 unspecified atom stereocenters. The highest BCUT2D eigenvalue weighted by Gasteiger charge is 2.35. The van der Waals surface area contributed by atoms with E-state index in [1.165, 1.54) is 21.3 Å². The van der Waals surface area contributed by atoms with Gasteiger partial charge in [-0.2, -0.15) is 12.7 Å². The van der Waals surface area contributed by atoms with Crippen molar-refractivity contribution >= 4 is 38.7 Å². The van der Waals surface area contributed by atoms with Crippen LogP contribution >= 0.6 is 0 Å². The van der Waals surface area contributed by atoms with Gasteiger partial charge in [0.1, 0.15) is 5.58 Å². The Morgan fingerprint density at radius 1 is 1.00 bits per heavy atom. The van der Waals surface area contributed by atoms with Crippen molar-refractivity contribution in [3.05, 3.63) is 68.3 Å². The Morgan fingerprint density at radius 3 is 2.42 bits per heavy atom. The van der Waals surface area contributed by atoms with Crippen LogP contribution in [0.2, 0.25) is 0 Å². The molecular formula is C38H48FN5O8S. The van der Waals surface area contributed by atoms with Crippen molar-refractivity contribution in [2.45, 2.75) is 84.0 Å². The van der Waals surface area contributed by atoms with Crippen LogP contribution in [0, 0.1) is 12.7 Å². The number of rotatable bonds is 10. The standard InChI is InChI=1S/C38H48FN5O8S/c1-23(2)44-19-18-41(20-25(44)22-50-4)32-13-12-28-27-14-17-42(21-31(27)38(47)52-34(28)24(32)3)37(46)29-10-11-30(35(33(29)39)51-26-8-7-9-26)36(45)40-53(48,49)43-15-5-6-16-43/h10-13,23,25-26H,5-9,14-22H2,1-4H3,(H,40,45)/t25-/m1/s1. The maximum absolute atomic E-state index is 16.3. The first-order valence-corrected chi connectivity index (χ1v) is 20.0. The fraction of sp³-hybridized carbons (Fsp3) is 0.553. The molecule has 2 aromatic carbocycles. The van der Waals surface area contributed by atoms with Crippen LogP contribution in [0.5, 0.6) is 5.75 Å². The lowest BCUT2D eigenvalue weighted by molar-refractivity contribution is 0.0619. The van der Waals surface area contributed by atoms with E-state index < -0.39 is 39.2 Å². The number of methoxy groups -OCH3 is 1. The quantitative estimate of drug-likeness (QED) is 0.302. The van der Waals surface area contributed by atoms with E-state index in [1.807, 2.05) is 17.7 Å². The number of benzene rings is 2. The third-order valence-electron chi connectivity index (χ3n) is 11.2. The van der Waals surface area contributed by atoms with Crippen molar-refractivity contribution in [1.29, 1.82) is 0 Å². The Morgan fingerprint density at radius 2 is 1.74 bits per heavy atom. The van der Waals surface area contributed by atoms with E-state index in [1.54, 1.807) is 7.11 Å². The van der Waals surface area contributed by atoms with Crippen LogP contribution in [-0.4, -0.2) is 106 Å². The summed E-state index contributed by atoms with van der Waals surface area (Å²) in [7, 11) is -2.42. The molecule has 1 N–H and O–H groups in total. The van der Waals surface area contributed by atoms with Gasteiger partial charge in [-0.3, -0.25) is 14.5 Å². The Hall–Kier alpha value is -4.05. The maximum Gasteiger partial charge on any atom is 0.341 e. The number of carbonyl (C=O) groups is 2. The minimum Gasteiger partial charge on any atom is -0.486 e. The number of fused-ring (bicyclic) bond motifs is 3. The van der Waals surface area contributed by atoms with E-state index >= 15 is 4.39 Å². The summed E-state index contributed by atoms with van der Waals surface area (Å²) in [4.78, 5) is 46.8. The number of amides is 2. The zero-order valence-corrected chi connectivity index (χ0v) is 31.6. The number of hydrogen-bond donors (Lipinski definition) is 1. The van der Waals surface area contributed by atoms with Crippen LogP contribution in [0.1, 0.15) is 83.4 Å². The number of anilines is 1. The largest absolute Gasteiger partial charge is 0.486 e. The van der Waals surface area contributed by atoms with Gasteiger partial charge in [-0.05, 0) is 89.1 Å². The van der Waals surface area contributed by atoms with Gasteiger partial charge in [0, 0.05) is 69.1 Å². The molecule has 7 rings (SSSR count). The molecule has 3 aromatic rings. The summed E-state index contributed by atoms with van der Waals surface area (Å²) in [5, 5.41) is 0.809. The molecular weight excluding hydrogens is 706 g/mol. The normalized spacial score (nSPS) is 20.2. The molecule has 1 atom stereocenters. The predicted octanol–water partition coefficient (Wildman–Crippen LogP) is 3.99. The summed E-state index contributed by atoms with van der Waals surface area (Å²) in [5.41, 5.74) is 2.33. The molecule has 4 heterocycles. The van der Waals surface area contributed by atoms with Gasteiger partial charge in [-0.1, -0.05) is 0 Å². The molecule has 0 radical (unpaired) electrons. The molecule has 3 fully saturated rings. The molecule has 15 heteroatoms. The number of nitrogens with one attached hydrogen (secondary N) is 1. The lowest BCUT2D eigenvalue weighted by Gasteiger charge is -2.44. The molecule has 1 aromatic heterocycles. The topological polar surface area (TPSA) is 142 Å². The fourth-order valence-corrected chi connectivity index (χ4v) is 9.30. The highest BCUT2D eigenvalue weighted by atomic mass is 32.2. The number of carbonyl (C=O) groups excluding carboxylic acids is 2. The third kappa shape index (κ3) is 7.16. The number of hydrogen-bond acceptors (Lipinski definition) is 10. The van der Waals surface area contributed by atoms with Gasteiger partial charge in [0.05, 0.1) is 42.0 Å². The van der Waals surface area contributed by atoms with E-state index in [-0.39, 0.29) is 49.5 Å². The van der Waals surface area contributed by atoms with Crippen molar-refractivity contribution in [1.82, 2.24) is 18.8 Å². The summed E-state index contributed by atoms with van der Waals surface area (Å²) >= 11 is 0. The first-order chi connectivity index (χ1) is 25.4. The smallest absolute Gasteiger partial charge is 0.341 e. The second-order valence-corrected chi connectivity index (χ2v) is 16.5. The number of piperazine rings is 1. The molecule has 3 aliphatic heterocycles. The minimum atomic E-state index is -4.14. The van der Waals surface area contributed by atoms with Crippen LogP contribution in [0.15, 0.2) is 33.5 Å². The molecule has 53 heavy (non-hydrogen) atoms. The van der Waals surface area contributed by atoms with Crippen LogP contribution in [0.3, 0.4) is 0 Å². The summed E-state index contributed by atoms with van der Waals surface area (Å²) < 4.78 is 62.5. The van der Waals surface area contributed by atoms with E-state index in [0.29, 0.717) is 55.9 Å². The molecule has 13 nitrogen and oxygen atoms in total. The lowest BCUT2D eigenvalue weighted by Crippen LogP contribution is -2.57. The Balaban J connectivity index is 1.14. The second-order valence-electron chi connectivity index (χ2n) is 14.8. The first-order valence-electron chi connectivity index (χ1n) is 18.6. The first kappa shape index (κ1) is 37.3. The van der Waals surface area contributed by atoms with Gasteiger partial charge in [-0.15, -0.1) is 0 Å². The zero-order valence-electron chi connectivity index (χ0n) is 30.8.